The van der Waals surface area contributed by atoms with Crippen LogP contribution in [0.15, 0.2) is 29.1 Å². The predicted molar refractivity (Wildman–Crippen MR) is 58.2 cm³/mol. The van der Waals surface area contributed by atoms with E-state index < -0.39 is 0 Å². The smallest absolute Gasteiger partial charge is 0.250 e. The molecule has 0 saturated heterocycles. The van der Waals surface area contributed by atoms with E-state index in [4.69, 9.17) is 0 Å². The Morgan fingerprint density at radius 2 is 2.00 bits per heavy atom. The molecule has 2 aromatic rings. The van der Waals surface area contributed by atoms with Crippen molar-refractivity contribution in [1.82, 2.24) is 4.57 Å². The summed E-state index contributed by atoms with van der Waals surface area (Å²) in [5.41, 5.74) is 0.994. The summed E-state index contributed by atoms with van der Waals surface area (Å²) in [6, 6.07) is 6.26. The molecule has 0 aliphatic carbocycles. The molecule has 77 valence electrons. The lowest BCUT2D eigenvalue weighted by Crippen LogP contribution is -2.16. The highest BCUT2D eigenvalue weighted by Crippen LogP contribution is 2.20. The molecule has 0 aliphatic heterocycles. The monoisotopic (exact) mass is 204 g/mol. The highest BCUT2D eigenvalue weighted by molar-refractivity contribution is 5.82. The summed E-state index contributed by atoms with van der Waals surface area (Å²) in [6.45, 7) is 3.68. The normalized spacial score (nSPS) is 10.9. The topological polar surface area (TPSA) is 22.0 Å². The zero-order chi connectivity index (χ0) is 11.0. The van der Waals surface area contributed by atoms with Gasteiger partial charge in [0.1, 0.15) is 5.82 Å². The van der Waals surface area contributed by atoms with Gasteiger partial charge in [-0.25, -0.2) is 4.39 Å². The number of aromatic nitrogens is 1. The van der Waals surface area contributed by atoms with Crippen LogP contribution in [0, 0.1) is 12.7 Å². The van der Waals surface area contributed by atoms with Gasteiger partial charge in [0.15, 0.2) is 0 Å². The highest BCUT2D eigenvalue weighted by atomic mass is 19.1. The molecule has 0 N–H and O–H groups in total. The second-order valence-corrected chi connectivity index (χ2v) is 3.44. The summed E-state index contributed by atoms with van der Waals surface area (Å²) < 4.78 is 14.9. The third-order valence-electron chi connectivity index (χ3n) is 2.58. The fraction of sp³-hybridized carbons (Fsp3) is 0.167. The molecule has 1 radical (unpaired) electrons. The Morgan fingerprint density at radius 3 is 2.67 bits per heavy atom. The van der Waals surface area contributed by atoms with Crippen LogP contribution in [0.25, 0.3) is 10.9 Å². The van der Waals surface area contributed by atoms with Crippen LogP contribution in [0.1, 0.15) is 5.56 Å². The number of fused-ring (bicyclic) bond motifs is 1. The molecule has 0 bridgehead atoms. The van der Waals surface area contributed by atoms with E-state index in [1.807, 2.05) is 0 Å². The zero-order valence-electron chi connectivity index (χ0n) is 8.46. The molecule has 0 atom stereocenters. The lowest BCUT2D eigenvalue weighted by molar-refractivity contribution is 0.615. The predicted octanol–water partition coefficient (Wildman–Crippen LogP) is 2.05. The minimum atomic E-state index is -0.307. The Bertz CT molecular complexity index is 572. The summed E-state index contributed by atoms with van der Waals surface area (Å²) in [5, 5.41) is 0.858. The average Bonchev–Trinajstić information content (AvgIpc) is 2.24. The number of hydrogen-bond donors (Lipinski definition) is 0. The lowest BCUT2D eigenvalue weighted by Gasteiger charge is -2.09. The van der Waals surface area contributed by atoms with E-state index in [0.717, 1.165) is 5.39 Å². The fourth-order valence-electron chi connectivity index (χ4n) is 1.78. The lowest BCUT2D eigenvalue weighted by atomic mass is 10.1. The molecular formula is C12H11FNO. The van der Waals surface area contributed by atoms with E-state index in [1.54, 1.807) is 19.2 Å². The van der Waals surface area contributed by atoms with Crippen LogP contribution < -0.4 is 5.56 Å². The maximum absolute atomic E-state index is 13.5. The molecule has 2 nitrogen and oxygen atoms in total. The fourth-order valence-corrected chi connectivity index (χ4v) is 1.78. The van der Waals surface area contributed by atoms with Crippen LogP contribution >= 0.6 is 0 Å². The van der Waals surface area contributed by atoms with Crippen LogP contribution in [0.3, 0.4) is 0 Å². The van der Waals surface area contributed by atoms with Crippen LogP contribution in [0.4, 0.5) is 4.39 Å². The number of halogens is 1. The van der Waals surface area contributed by atoms with E-state index in [-0.39, 0.29) is 11.4 Å². The Kier molecular flexibility index (Phi) is 2.31. The van der Waals surface area contributed by atoms with Crippen molar-refractivity contribution in [2.75, 3.05) is 0 Å². The highest BCUT2D eigenvalue weighted by Gasteiger charge is 2.08. The average molecular weight is 204 g/mol. The van der Waals surface area contributed by atoms with Gasteiger partial charge >= 0.3 is 0 Å². The van der Waals surface area contributed by atoms with E-state index >= 15 is 0 Å². The first-order chi connectivity index (χ1) is 7.15. The number of pyridine rings is 1. The van der Waals surface area contributed by atoms with Crippen LogP contribution in [0.2, 0.25) is 0 Å². The molecule has 15 heavy (non-hydrogen) atoms. The van der Waals surface area contributed by atoms with Crippen molar-refractivity contribution in [3.63, 3.8) is 0 Å². The molecule has 0 amide bonds. The minimum absolute atomic E-state index is 0.136. The number of aryl methyl sites for hydroxylation is 1. The minimum Gasteiger partial charge on any atom is -0.311 e. The molecular weight excluding hydrogens is 193 g/mol. The van der Waals surface area contributed by atoms with Crippen molar-refractivity contribution in [2.45, 2.75) is 6.42 Å². The van der Waals surface area contributed by atoms with E-state index in [0.29, 0.717) is 17.5 Å². The Labute approximate surface area is 87.0 Å². The maximum Gasteiger partial charge on any atom is 0.250 e. The van der Waals surface area contributed by atoms with Gasteiger partial charge in [-0.15, -0.1) is 0 Å². The molecule has 1 aromatic heterocycles. The SMILES string of the molecule is [CH2]Cc1c(F)ccc2ccc(=O)n(C)c12. The zero-order valence-corrected chi connectivity index (χ0v) is 8.46. The third-order valence-corrected chi connectivity index (χ3v) is 2.58. The molecule has 3 heteroatoms. The van der Waals surface area contributed by atoms with Crippen molar-refractivity contribution in [3.8, 4) is 0 Å². The quantitative estimate of drug-likeness (QED) is 0.696. The number of hydrogen-bond acceptors (Lipinski definition) is 1. The van der Waals surface area contributed by atoms with Crippen LogP contribution in [-0.4, -0.2) is 4.57 Å². The van der Waals surface area contributed by atoms with Gasteiger partial charge in [0, 0.05) is 18.7 Å². The molecule has 0 aliphatic rings. The van der Waals surface area contributed by atoms with Gasteiger partial charge in [-0.1, -0.05) is 0 Å². The summed E-state index contributed by atoms with van der Waals surface area (Å²) in [5.74, 6) is -0.307. The van der Waals surface area contributed by atoms with Gasteiger partial charge in [-0.2, -0.15) is 0 Å². The molecule has 0 saturated carbocycles. The second-order valence-electron chi connectivity index (χ2n) is 3.44. The van der Waals surface area contributed by atoms with Gasteiger partial charge in [0.2, 0.25) is 0 Å². The molecule has 1 heterocycles. The van der Waals surface area contributed by atoms with Gasteiger partial charge in [-0.05, 0) is 36.9 Å². The summed E-state index contributed by atoms with van der Waals surface area (Å²) >= 11 is 0. The molecule has 0 fully saturated rings. The Hall–Kier alpha value is -1.64. The standard InChI is InChI=1S/C12H11FNO/c1-3-9-10(13)6-4-8-5-7-11(15)14(2)12(8)9/h4-7H,1,3H2,2H3. The number of nitrogens with zero attached hydrogens (tertiary/aromatic N) is 1. The molecule has 2 rings (SSSR count). The van der Waals surface area contributed by atoms with E-state index in [9.17, 15) is 9.18 Å². The van der Waals surface area contributed by atoms with E-state index in [1.165, 1.54) is 16.7 Å². The summed E-state index contributed by atoms with van der Waals surface area (Å²) in [6.07, 6.45) is 0.334. The molecule has 0 unspecified atom stereocenters. The third kappa shape index (κ3) is 1.44. The Morgan fingerprint density at radius 1 is 1.33 bits per heavy atom. The van der Waals surface area contributed by atoms with Crippen molar-refractivity contribution in [1.29, 1.82) is 0 Å². The largest absolute Gasteiger partial charge is 0.311 e. The van der Waals surface area contributed by atoms with Crippen molar-refractivity contribution >= 4 is 10.9 Å². The van der Waals surface area contributed by atoms with Crippen LogP contribution in [-0.2, 0) is 13.5 Å². The van der Waals surface area contributed by atoms with Gasteiger partial charge in [0.05, 0.1) is 5.52 Å². The summed E-state index contributed by atoms with van der Waals surface area (Å²) in [7, 11) is 1.64. The first-order valence-electron chi connectivity index (χ1n) is 4.71. The number of rotatable bonds is 1. The molecule has 1 aromatic carbocycles. The van der Waals surface area contributed by atoms with Gasteiger partial charge in [0.25, 0.3) is 5.56 Å². The maximum atomic E-state index is 13.5. The van der Waals surface area contributed by atoms with Gasteiger partial charge < -0.3 is 4.57 Å². The summed E-state index contributed by atoms with van der Waals surface area (Å²) in [4.78, 5) is 11.4. The number of benzene rings is 1. The van der Waals surface area contributed by atoms with Crippen molar-refractivity contribution < 1.29 is 4.39 Å². The first-order valence-corrected chi connectivity index (χ1v) is 4.71. The second kappa shape index (κ2) is 3.50. The first kappa shape index (κ1) is 9.90. The Balaban J connectivity index is 3.01. The van der Waals surface area contributed by atoms with E-state index in [2.05, 4.69) is 6.92 Å². The van der Waals surface area contributed by atoms with Crippen molar-refractivity contribution in [3.05, 3.63) is 52.9 Å². The van der Waals surface area contributed by atoms with Gasteiger partial charge in [-0.3, -0.25) is 4.79 Å². The molecule has 0 spiro atoms. The van der Waals surface area contributed by atoms with Crippen molar-refractivity contribution in [2.24, 2.45) is 7.05 Å². The van der Waals surface area contributed by atoms with Crippen LogP contribution in [0.5, 0.6) is 0 Å².